The molecular weight excluding hydrogens is 290 g/mol. The molecule has 8 heteroatoms. The van der Waals surface area contributed by atoms with Crippen molar-refractivity contribution >= 4 is 33.2 Å². The average molecular weight is 301 g/mol. The molecule has 96 valence electrons. The quantitative estimate of drug-likeness (QED) is 0.642. The lowest BCUT2D eigenvalue weighted by Gasteiger charge is -2.09. The van der Waals surface area contributed by atoms with E-state index < -0.39 is 20.9 Å². The predicted molar refractivity (Wildman–Crippen MR) is 65.5 cm³/mol. The molecule has 1 aromatic rings. The Balaban J connectivity index is 3.04. The van der Waals surface area contributed by atoms with Gasteiger partial charge in [-0.25, -0.2) is 17.5 Å². The second kappa shape index (κ2) is 5.97. The van der Waals surface area contributed by atoms with Gasteiger partial charge in [-0.05, 0) is 19.2 Å². The van der Waals surface area contributed by atoms with Crippen molar-refractivity contribution in [2.24, 2.45) is 0 Å². The Hall–Kier alpha value is -0.400. The number of rotatable bonds is 5. The Labute approximate surface area is 109 Å². The molecule has 0 radical (unpaired) electrons. The van der Waals surface area contributed by atoms with E-state index >= 15 is 0 Å². The summed E-state index contributed by atoms with van der Waals surface area (Å²) in [6.45, 7) is 0.631. The van der Waals surface area contributed by atoms with E-state index in [-0.39, 0.29) is 16.5 Å². The normalized spacial score (nSPS) is 11.8. The monoisotopic (exact) mass is 300 g/mol. The molecule has 0 heterocycles. The van der Waals surface area contributed by atoms with E-state index in [1.165, 1.54) is 0 Å². The van der Waals surface area contributed by atoms with Crippen LogP contribution in [0.25, 0.3) is 0 Å². The first-order chi connectivity index (χ1) is 7.90. The molecule has 0 aromatic heterocycles. The van der Waals surface area contributed by atoms with Crippen molar-refractivity contribution < 1.29 is 12.8 Å². The summed E-state index contributed by atoms with van der Waals surface area (Å²) in [7, 11) is -2.14. The molecule has 17 heavy (non-hydrogen) atoms. The summed E-state index contributed by atoms with van der Waals surface area (Å²) in [5.74, 6) is -0.940. The lowest BCUT2D eigenvalue weighted by atomic mass is 10.3. The summed E-state index contributed by atoms with van der Waals surface area (Å²) in [5.41, 5.74) is 0. The zero-order valence-electron chi connectivity index (χ0n) is 8.93. The Morgan fingerprint density at radius 3 is 2.53 bits per heavy atom. The van der Waals surface area contributed by atoms with Crippen LogP contribution < -0.4 is 10.0 Å². The van der Waals surface area contributed by atoms with Gasteiger partial charge in [0.1, 0.15) is 4.90 Å². The molecule has 2 N–H and O–H groups in total. The average Bonchev–Trinajstić information content (AvgIpc) is 2.26. The highest BCUT2D eigenvalue weighted by Crippen LogP contribution is 2.29. The van der Waals surface area contributed by atoms with Gasteiger partial charge in [0, 0.05) is 13.1 Å². The fraction of sp³-hybridized carbons (Fsp3) is 0.333. The summed E-state index contributed by atoms with van der Waals surface area (Å²) in [6.07, 6.45) is 0. The van der Waals surface area contributed by atoms with Crippen molar-refractivity contribution in [2.75, 3.05) is 20.1 Å². The third-order valence-electron chi connectivity index (χ3n) is 1.96. The zero-order valence-corrected chi connectivity index (χ0v) is 11.3. The molecular formula is C9H11Cl2FN2O2S. The Bertz CT molecular complexity index is 508. The molecule has 1 rings (SSSR count). The highest BCUT2D eigenvalue weighted by Gasteiger charge is 2.21. The molecule has 0 atom stereocenters. The first kappa shape index (κ1) is 14.7. The molecule has 0 aliphatic heterocycles. The van der Waals surface area contributed by atoms with E-state index in [2.05, 4.69) is 10.0 Å². The summed E-state index contributed by atoms with van der Waals surface area (Å²) >= 11 is 11.1. The van der Waals surface area contributed by atoms with Gasteiger partial charge in [-0.1, -0.05) is 23.2 Å². The van der Waals surface area contributed by atoms with Crippen LogP contribution >= 0.6 is 23.2 Å². The lowest BCUT2D eigenvalue weighted by molar-refractivity contribution is 0.576. The van der Waals surface area contributed by atoms with Crippen LogP contribution in [0.4, 0.5) is 4.39 Å². The molecule has 0 aliphatic rings. The molecule has 0 saturated carbocycles. The van der Waals surface area contributed by atoms with E-state index in [0.717, 1.165) is 12.1 Å². The molecule has 0 aliphatic carbocycles. The maximum atomic E-state index is 13.3. The van der Waals surface area contributed by atoms with Crippen LogP contribution in [0, 0.1) is 5.82 Å². The van der Waals surface area contributed by atoms with Crippen molar-refractivity contribution in [3.05, 3.63) is 28.0 Å². The second-order valence-electron chi connectivity index (χ2n) is 3.17. The Morgan fingerprint density at radius 1 is 1.29 bits per heavy atom. The van der Waals surface area contributed by atoms with Gasteiger partial charge in [0.25, 0.3) is 0 Å². The number of hydrogen-bond donors (Lipinski definition) is 2. The number of halogens is 3. The Morgan fingerprint density at radius 2 is 1.94 bits per heavy atom. The summed E-state index contributed by atoms with van der Waals surface area (Å²) in [4.78, 5) is -0.322. The van der Waals surface area contributed by atoms with E-state index in [1.54, 1.807) is 7.05 Å². The maximum absolute atomic E-state index is 13.3. The van der Waals surface area contributed by atoms with Crippen molar-refractivity contribution in [3.63, 3.8) is 0 Å². The third kappa shape index (κ3) is 3.53. The first-order valence-corrected chi connectivity index (χ1v) is 6.92. The maximum Gasteiger partial charge on any atom is 0.242 e. The lowest BCUT2D eigenvalue weighted by Crippen LogP contribution is -2.30. The molecule has 0 unspecified atom stereocenters. The fourth-order valence-electron chi connectivity index (χ4n) is 1.10. The second-order valence-corrected chi connectivity index (χ2v) is 5.70. The molecule has 0 bridgehead atoms. The minimum Gasteiger partial charge on any atom is -0.318 e. The van der Waals surface area contributed by atoms with Gasteiger partial charge in [0.05, 0.1) is 10.0 Å². The van der Waals surface area contributed by atoms with Crippen LogP contribution in [0.3, 0.4) is 0 Å². The smallest absolute Gasteiger partial charge is 0.242 e. The molecule has 0 fully saturated rings. The highest BCUT2D eigenvalue weighted by molar-refractivity contribution is 7.89. The Kier molecular flexibility index (Phi) is 5.15. The van der Waals surface area contributed by atoms with E-state index in [9.17, 15) is 12.8 Å². The van der Waals surface area contributed by atoms with Gasteiger partial charge >= 0.3 is 0 Å². The first-order valence-electron chi connectivity index (χ1n) is 4.68. The highest BCUT2D eigenvalue weighted by atomic mass is 35.5. The molecule has 0 spiro atoms. The van der Waals surface area contributed by atoms with Crippen LogP contribution in [0.1, 0.15) is 0 Å². The van der Waals surface area contributed by atoms with E-state index in [4.69, 9.17) is 23.2 Å². The van der Waals surface area contributed by atoms with Crippen molar-refractivity contribution in [2.45, 2.75) is 4.90 Å². The SMILES string of the molecule is CNCCNS(=O)(=O)c1ccc(Cl)c(F)c1Cl. The standard InChI is InChI=1S/C9H11Cl2FN2O2S/c1-13-4-5-14-17(15,16)7-3-2-6(10)9(12)8(7)11/h2-3,13-14H,4-5H2,1H3. The van der Waals surface area contributed by atoms with Crippen molar-refractivity contribution in [1.82, 2.24) is 10.0 Å². The van der Waals surface area contributed by atoms with Gasteiger partial charge in [-0.15, -0.1) is 0 Å². The van der Waals surface area contributed by atoms with Crippen molar-refractivity contribution in [1.29, 1.82) is 0 Å². The molecule has 0 saturated heterocycles. The van der Waals surface area contributed by atoms with Crippen LogP contribution in [0.2, 0.25) is 10.0 Å². The summed E-state index contributed by atoms with van der Waals surface area (Å²) < 4.78 is 39.1. The largest absolute Gasteiger partial charge is 0.318 e. The van der Waals surface area contributed by atoms with Crippen LogP contribution in [0.15, 0.2) is 17.0 Å². The minimum atomic E-state index is -3.82. The summed E-state index contributed by atoms with van der Waals surface area (Å²) in [5, 5.41) is 2.05. The van der Waals surface area contributed by atoms with Gasteiger partial charge < -0.3 is 5.32 Å². The number of hydrogen-bond acceptors (Lipinski definition) is 3. The van der Waals surface area contributed by atoms with Crippen LogP contribution in [-0.2, 0) is 10.0 Å². The minimum absolute atomic E-state index is 0.180. The van der Waals surface area contributed by atoms with Crippen LogP contribution in [-0.4, -0.2) is 28.6 Å². The third-order valence-corrected chi connectivity index (χ3v) is 4.23. The van der Waals surface area contributed by atoms with Gasteiger partial charge in [-0.2, -0.15) is 0 Å². The zero-order chi connectivity index (χ0) is 13.1. The number of nitrogens with one attached hydrogen (secondary N) is 2. The van der Waals surface area contributed by atoms with Gasteiger partial charge in [0.2, 0.25) is 10.0 Å². The predicted octanol–water partition coefficient (Wildman–Crippen LogP) is 1.63. The number of likely N-dealkylation sites (N-methyl/N-ethyl adjacent to an activating group) is 1. The van der Waals surface area contributed by atoms with E-state index in [1.807, 2.05) is 0 Å². The van der Waals surface area contributed by atoms with Gasteiger partial charge in [-0.3, -0.25) is 0 Å². The summed E-state index contributed by atoms with van der Waals surface area (Å²) in [6, 6.07) is 2.31. The molecule has 0 amide bonds. The molecule has 4 nitrogen and oxygen atoms in total. The van der Waals surface area contributed by atoms with E-state index in [0.29, 0.717) is 6.54 Å². The topological polar surface area (TPSA) is 58.2 Å². The fourth-order valence-corrected chi connectivity index (χ4v) is 2.88. The van der Waals surface area contributed by atoms with Crippen molar-refractivity contribution in [3.8, 4) is 0 Å². The number of sulfonamides is 1. The molecule has 1 aromatic carbocycles. The van der Waals surface area contributed by atoms with Crippen LogP contribution in [0.5, 0.6) is 0 Å². The van der Waals surface area contributed by atoms with Gasteiger partial charge in [0.15, 0.2) is 5.82 Å². The number of benzene rings is 1.